The summed E-state index contributed by atoms with van der Waals surface area (Å²) in [5.41, 5.74) is 4.02. The Kier molecular flexibility index (Phi) is 5.43. The van der Waals surface area contributed by atoms with E-state index in [9.17, 15) is 4.79 Å². The number of nitrogens with one attached hydrogen (secondary N) is 1. The van der Waals surface area contributed by atoms with Crippen molar-refractivity contribution in [1.29, 1.82) is 0 Å². The number of nitrogens with zero attached hydrogens (tertiary/aromatic N) is 3. The molecule has 150 valence electrons. The van der Waals surface area contributed by atoms with E-state index < -0.39 is 0 Å². The van der Waals surface area contributed by atoms with Crippen molar-refractivity contribution in [2.75, 3.05) is 7.05 Å². The molecule has 3 aromatic rings. The van der Waals surface area contributed by atoms with Crippen LogP contribution >= 0.6 is 0 Å². The number of carbonyl (C=O) groups excluding carboxylic acids is 1. The van der Waals surface area contributed by atoms with Crippen LogP contribution in [-0.4, -0.2) is 28.1 Å². The molecular formula is C23H26N4O2. The average Bonchev–Trinajstić information content (AvgIpc) is 3.43. The fourth-order valence-electron chi connectivity index (χ4n) is 4.10. The molecule has 1 aliphatic carbocycles. The normalized spacial score (nSPS) is 18.9. The van der Waals surface area contributed by atoms with E-state index in [1.165, 1.54) is 0 Å². The lowest BCUT2D eigenvalue weighted by atomic mass is 9.89. The molecule has 0 saturated heterocycles. The number of hydrogen-bond acceptors (Lipinski definition) is 5. The molecule has 1 amide bonds. The second kappa shape index (κ2) is 8.15. The van der Waals surface area contributed by atoms with Crippen molar-refractivity contribution in [3.8, 4) is 11.1 Å². The summed E-state index contributed by atoms with van der Waals surface area (Å²) in [7, 11) is 1.67. The number of pyridine rings is 1. The number of amides is 1. The smallest absolute Gasteiger partial charge is 0.251 e. The zero-order valence-corrected chi connectivity index (χ0v) is 17.1. The third-order valence-electron chi connectivity index (χ3n) is 5.71. The summed E-state index contributed by atoms with van der Waals surface area (Å²) in [5, 5.41) is 11.2. The minimum Gasteiger partial charge on any atom is -0.425 e. The lowest BCUT2D eigenvalue weighted by molar-refractivity contribution is 0.0961. The molecule has 0 bridgehead atoms. The quantitative estimate of drug-likeness (QED) is 0.685. The van der Waals surface area contributed by atoms with Crippen molar-refractivity contribution >= 4 is 5.91 Å². The van der Waals surface area contributed by atoms with Gasteiger partial charge in [0.05, 0.1) is 0 Å². The molecular weight excluding hydrogens is 364 g/mol. The monoisotopic (exact) mass is 390 g/mol. The van der Waals surface area contributed by atoms with E-state index in [-0.39, 0.29) is 23.7 Å². The van der Waals surface area contributed by atoms with Gasteiger partial charge in [-0.05, 0) is 60.1 Å². The lowest BCUT2D eigenvalue weighted by Crippen LogP contribution is -2.20. The Morgan fingerprint density at radius 3 is 2.52 bits per heavy atom. The van der Waals surface area contributed by atoms with Gasteiger partial charge in [-0.25, -0.2) is 0 Å². The maximum atomic E-state index is 12.5. The SMILES string of the molecule is CNC(=O)c1ccc(-c2ccncc2)cc1[C@@H]1CC[C@H](c2nnc(C(C)C)o2)C1. The molecule has 2 atom stereocenters. The van der Waals surface area contributed by atoms with Crippen LogP contribution in [0.3, 0.4) is 0 Å². The second-order valence-electron chi connectivity index (χ2n) is 7.96. The largest absolute Gasteiger partial charge is 0.425 e. The lowest BCUT2D eigenvalue weighted by Gasteiger charge is -2.17. The van der Waals surface area contributed by atoms with Crippen molar-refractivity contribution in [2.45, 2.75) is 50.9 Å². The van der Waals surface area contributed by atoms with Gasteiger partial charge in [0.2, 0.25) is 11.8 Å². The molecule has 6 heteroatoms. The maximum absolute atomic E-state index is 12.5. The van der Waals surface area contributed by atoms with Gasteiger partial charge in [0.25, 0.3) is 5.91 Å². The zero-order valence-electron chi connectivity index (χ0n) is 17.1. The first-order valence-corrected chi connectivity index (χ1v) is 10.2. The molecule has 4 rings (SSSR count). The minimum absolute atomic E-state index is 0.0513. The molecule has 2 aromatic heterocycles. The highest BCUT2D eigenvalue weighted by Crippen LogP contribution is 2.45. The standard InChI is InChI=1S/C23H26N4O2/c1-14(2)22-26-27-23(29-22)18-5-4-17(12-18)20-13-16(15-8-10-25-11-9-15)6-7-19(20)21(28)24-3/h6-11,13-14,17-18H,4-5,12H2,1-3H3,(H,24,28)/t17-,18+/m1/s1. The highest BCUT2D eigenvalue weighted by molar-refractivity contribution is 5.96. The highest BCUT2D eigenvalue weighted by atomic mass is 16.4. The van der Waals surface area contributed by atoms with Crippen LogP contribution in [0.4, 0.5) is 0 Å². The van der Waals surface area contributed by atoms with Gasteiger partial charge in [0, 0.05) is 36.8 Å². The van der Waals surface area contributed by atoms with Gasteiger partial charge >= 0.3 is 0 Å². The van der Waals surface area contributed by atoms with Crippen LogP contribution < -0.4 is 5.32 Å². The summed E-state index contributed by atoms with van der Waals surface area (Å²) < 4.78 is 5.90. The fourth-order valence-corrected chi connectivity index (χ4v) is 4.10. The Hall–Kier alpha value is -3.02. The van der Waals surface area contributed by atoms with Gasteiger partial charge < -0.3 is 9.73 Å². The van der Waals surface area contributed by atoms with E-state index in [0.29, 0.717) is 5.89 Å². The van der Waals surface area contributed by atoms with Crippen LogP contribution in [0.25, 0.3) is 11.1 Å². The van der Waals surface area contributed by atoms with Crippen LogP contribution in [0.1, 0.15) is 78.6 Å². The molecule has 29 heavy (non-hydrogen) atoms. The van der Waals surface area contributed by atoms with Crippen molar-refractivity contribution in [1.82, 2.24) is 20.5 Å². The topological polar surface area (TPSA) is 80.9 Å². The first-order valence-electron chi connectivity index (χ1n) is 10.2. The second-order valence-corrected chi connectivity index (χ2v) is 7.96. The summed E-state index contributed by atoms with van der Waals surface area (Å²) in [6, 6.07) is 10.1. The van der Waals surface area contributed by atoms with Gasteiger partial charge in [-0.15, -0.1) is 10.2 Å². The zero-order chi connectivity index (χ0) is 20.4. The van der Waals surface area contributed by atoms with Crippen LogP contribution in [0.2, 0.25) is 0 Å². The van der Waals surface area contributed by atoms with Gasteiger partial charge in [0.15, 0.2) is 0 Å². The van der Waals surface area contributed by atoms with Gasteiger partial charge in [-0.3, -0.25) is 9.78 Å². The Labute approximate surface area is 170 Å². The van der Waals surface area contributed by atoms with Crippen LogP contribution in [0.15, 0.2) is 47.1 Å². The van der Waals surface area contributed by atoms with Gasteiger partial charge in [-0.2, -0.15) is 0 Å². The summed E-state index contributed by atoms with van der Waals surface area (Å²) in [6.07, 6.45) is 6.46. The number of benzene rings is 1. The van der Waals surface area contributed by atoms with Crippen molar-refractivity contribution < 1.29 is 9.21 Å². The van der Waals surface area contributed by atoms with E-state index in [4.69, 9.17) is 4.42 Å². The predicted molar refractivity (Wildman–Crippen MR) is 111 cm³/mol. The molecule has 0 radical (unpaired) electrons. The minimum atomic E-state index is -0.0513. The van der Waals surface area contributed by atoms with E-state index >= 15 is 0 Å². The molecule has 1 aliphatic rings. The van der Waals surface area contributed by atoms with Crippen molar-refractivity contribution in [2.24, 2.45) is 0 Å². The van der Waals surface area contributed by atoms with Crippen LogP contribution in [0.5, 0.6) is 0 Å². The third-order valence-corrected chi connectivity index (χ3v) is 5.71. The highest BCUT2D eigenvalue weighted by Gasteiger charge is 2.33. The number of carbonyl (C=O) groups is 1. The Bertz CT molecular complexity index is 997. The summed E-state index contributed by atoms with van der Waals surface area (Å²) >= 11 is 0. The Morgan fingerprint density at radius 2 is 1.83 bits per heavy atom. The van der Waals surface area contributed by atoms with Crippen molar-refractivity contribution in [3.05, 3.63) is 65.6 Å². The Morgan fingerprint density at radius 1 is 1.07 bits per heavy atom. The molecule has 0 aliphatic heterocycles. The van der Waals surface area contributed by atoms with E-state index in [2.05, 4.69) is 40.4 Å². The third kappa shape index (κ3) is 3.92. The van der Waals surface area contributed by atoms with Crippen molar-refractivity contribution in [3.63, 3.8) is 0 Å². The molecule has 0 unspecified atom stereocenters. The van der Waals surface area contributed by atoms with Gasteiger partial charge in [-0.1, -0.05) is 26.0 Å². The number of hydrogen-bond donors (Lipinski definition) is 1. The van der Waals surface area contributed by atoms with E-state index in [1.54, 1.807) is 19.4 Å². The predicted octanol–water partition coefficient (Wildman–Crippen LogP) is 4.67. The van der Waals surface area contributed by atoms with E-state index in [1.807, 2.05) is 24.3 Å². The molecule has 1 fully saturated rings. The number of rotatable bonds is 5. The average molecular weight is 390 g/mol. The molecule has 1 N–H and O–H groups in total. The van der Waals surface area contributed by atoms with Crippen LogP contribution in [0, 0.1) is 0 Å². The fraction of sp³-hybridized carbons (Fsp3) is 0.391. The summed E-state index contributed by atoms with van der Waals surface area (Å²) in [5.74, 6) is 2.11. The van der Waals surface area contributed by atoms with Crippen LogP contribution in [-0.2, 0) is 0 Å². The molecule has 1 aromatic carbocycles. The number of aromatic nitrogens is 3. The molecule has 0 spiro atoms. The van der Waals surface area contributed by atoms with Gasteiger partial charge in [0.1, 0.15) is 0 Å². The summed E-state index contributed by atoms with van der Waals surface area (Å²) in [4.78, 5) is 16.6. The maximum Gasteiger partial charge on any atom is 0.251 e. The molecule has 6 nitrogen and oxygen atoms in total. The summed E-state index contributed by atoms with van der Waals surface area (Å²) in [6.45, 7) is 4.10. The first kappa shape index (κ1) is 19.3. The molecule has 2 heterocycles. The molecule has 1 saturated carbocycles. The first-order chi connectivity index (χ1) is 14.1. The van der Waals surface area contributed by atoms with E-state index in [0.717, 1.165) is 47.4 Å². The Balaban J connectivity index is 1.64.